The van der Waals surface area contributed by atoms with Gasteiger partial charge in [0.2, 0.25) is 5.91 Å². The van der Waals surface area contributed by atoms with Crippen LogP contribution in [0, 0.1) is 0 Å². The number of primary amides is 1. The molecule has 0 bridgehead atoms. The number of halogens is 1. The predicted molar refractivity (Wildman–Crippen MR) is 70.1 cm³/mol. The number of carbonyl (C=O) groups is 2. The van der Waals surface area contributed by atoms with Crippen LogP contribution in [0.4, 0.5) is 4.79 Å². The smallest absolute Gasteiger partial charge is 0.315 e. The second-order valence-corrected chi connectivity index (χ2v) is 4.18. The van der Waals surface area contributed by atoms with Crippen molar-refractivity contribution in [3.05, 3.63) is 34.9 Å². The second-order valence-electron chi connectivity index (χ2n) is 3.77. The SMILES string of the molecule is NC(=O)CCCNC(=O)NCc1ccccc1Cl. The highest BCUT2D eigenvalue weighted by atomic mass is 35.5. The molecule has 0 aliphatic rings. The average Bonchev–Trinajstić information content (AvgIpc) is 2.33. The third-order valence-corrected chi connectivity index (χ3v) is 2.65. The molecule has 5 nitrogen and oxygen atoms in total. The Hall–Kier alpha value is -1.75. The first-order valence-corrected chi connectivity index (χ1v) is 6.01. The molecular weight excluding hydrogens is 254 g/mol. The molecule has 6 heteroatoms. The molecule has 0 heterocycles. The molecule has 4 N–H and O–H groups in total. The molecule has 1 rings (SSSR count). The van der Waals surface area contributed by atoms with E-state index >= 15 is 0 Å². The van der Waals surface area contributed by atoms with Crippen molar-refractivity contribution in [1.82, 2.24) is 10.6 Å². The van der Waals surface area contributed by atoms with Crippen LogP contribution in [0.25, 0.3) is 0 Å². The van der Waals surface area contributed by atoms with Gasteiger partial charge in [-0.1, -0.05) is 29.8 Å². The summed E-state index contributed by atoms with van der Waals surface area (Å²) in [4.78, 5) is 21.9. The van der Waals surface area contributed by atoms with E-state index in [4.69, 9.17) is 17.3 Å². The third kappa shape index (κ3) is 5.54. The summed E-state index contributed by atoms with van der Waals surface area (Å²) in [6.07, 6.45) is 0.805. The number of hydrogen-bond acceptors (Lipinski definition) is 2. The Bertz CT molecular complexity index is 424. The van der Waals surface area contributed by atoms with E-state index in [-0.39, 0.29) is 18.4 Å². The van der Waals surface area contributed by atoms with Crippen LogP contribution in [-0.2, 0) is 11.3 Å². The number of hydrogen-bond donors (Lipinski definition) is 3. The molecule has 1 aromatic carbocycles. The summed E-state index contributed by atoms with van der Waals surface area (Å²) in [7, 11) is 0. The molecule has 98 valence electrons. The summed E-state index contributed by atoms with van der Waals surface area (Å²) in [5, 5.41) is 5.92. The maximum atomic E-state index is 11.4. The number of nitrogens with two attached hydrogens (primary N) is 1. The van der Waals surface area contributed by atoms with Crippen LogP contribution in [0.2, 0.25) is 5.02 Å². The van der Waals surface area contributed by atoms with Gasteiger partial charge in [-0.25, -0.2) is 4.79 Å². The summed E-state index contributed by atoms with van der Waals surface area (Å²) < 4.78 is 0. The Morgan fingerprint density at radius 3 is 2.61 bits per heavy atom. The molecule has 0 saturated carbocycles. The number of carbonyl (C=O) groups excluding carboxylic acids is 2. The maximum Gasteiger partial charge on any atom is 0.315 e. The minimum absolute atomic E-state index is 0.269. The fourth-order valence-electron chi connectivity index (χ4n) is 1.34. The van der Waals surface area contributed by atoms with E-state index < -0.39 is 0 Å². The zero-order chi connectivity index (χ0) is 13.4. The topological polar surface area (TPSA) is 84.2 Å². The number of nitrogens with one attached hydrogen (secondary N) is 2. The van der Waals surface area contributed by atoms with E-state index in [2.05, 4.69) is 10.6 Å². The van der Waals surface area contributed by atoms with Crippen molar-refractivity contribution in [2.45, 2.75) is 19.4 Å². The van der Waals surface area contributed by atoms with Crippen molar-refractivity contribution in [3.8, 4) is 0 Å². The van der Waals surface area contributed by atoms with Gasteiger partial charge in [-0.05, 0) is 18.1 Å². The molecule has 0 fully saturated rings. The molecule has 0 aromatic heterocycles. The molecule has 1 aromatic rings. The lowest BCUT2D eigenvalue weighted by molar-refractivity contribution is -0.118. The van der Waals surface area contributed by atoms with Crippen LogP contribution in [0.15, 0.2) is 24.3 Å². The van der Waals surface area contributed by atoms with Gasteiger partial charge in [0, 0.05) is 24.5 Å². The molecular formula is C12H16ClN3O2. The van der Waals surface area contributed by atoms with Gasteiger partial charge in [-0.3, -0.25) is 4.79 Å². The van der Waals surface area contributed by atoms with Crippen LogP contribution in [0.3, 0.4) is 0 Å². The Labute approximate surface area is 111 Å². The number of urea groups is 1. The van der Waals surface area contributed by atoms with E-state index in [0.29, 0.717) is 24.5 Å². The van der Waals surface area contributed by atoms with E-state index in [1.54, 1.807) is 6.07 Å². The lowest BCUT2D eigenvalue weighted by Gasteiger charge is -2.08. The molecule has 0 atom stereocenters. The standard InChI is InChI=1S/C12H16ClN3O2/c13-10-5-2-1-4-9(10)8-16-12(18)15-7-3-6-11(14)17/h1-2,4-5H,3,6-8H2,(H2,14,17)(H2,15,16,18). The normalized spacial score (nSPS) is 9.83. The minimum Gasteiger partial charge on any atom is -0.370 e. The molecule has 0 aliphatic heterocycles. The van der Waals surface area contributed by atoms with Crippen molar-refractivity contribution < 1.29 is 9.59 Å². The van der Waals surface area contributed by atoms with Gasteiger partial charge < -0.3 is 16.4 Å². The zero-order valence-corrected chi connectivity index (χ0v) is 10.7. The first-order chi connectivity index (χ1) is 8.59. The lowest BCUT2D eigenvalue weighted by atomic mass is 10.2. The van der Waals surface area contributed by atoms with Crippen LogP contribution >= 0.6 is 11.6 Å². The Kier molecular flexibility index (Phi) is 6.00. The van der Waals surface area contributed by atoms with Crippen molar-refractivity contribution in [1.29, 1.82) is 0 Å². The van der Waals surface area contributed by atoms with Gasteiger partial charge in [0.15, 0.2) is 0 Å². The van der Waals surface area contributed by atoms with Gasteiger partial charge in [-0.2, -0.15) is 0 Å². The van der Waals surface area contributed by atoms with E-state index in [1.165, 1.54) is 0 Å². The molecule has 0 aliphatic carbocycles. The highest BCUT2D eigenvalue weighted by molar-refractivity contribution is 6.31. The van der Waals surface area contributed by atoms with Crippen molar-refractivity contribution in [2.24, 2.45) is 5.73 Å². The predicted octanol–water partition coefficient (Wildman–Crippen LogP) is 1.40. The maximum absolute atomic E-state index is 11.4. The first kappa shape index (κ1) is 14.3. The monoisotopic (exact) mass is 269 g/mol. The highest BCUT2D eigenvalue weighted by Crippen LogP contribution is 2.13. The van der Waals surface area contributed by atoms with E-state index in [1.807, 2.05) is 18.2 Å². The van der Waals surface area contributed by atoms with Crippen LogP contribution in [0.1, 0.15) is 18.4 Å². The Morgan fingerprint density at radius 1 is 1.22 bits per heavy atom. The Balaban J connectivity index is 2.21. The fourth-order valence-corrected chi connectivity index (χ4v) is 1.55. The Morgan fingerprint density at radius 2 is 1.94 bits per heavy atom. The van der Waals surface area contributed by atoms with Crippen molar-refractivity contribution in [3.63, 3.8) is 0 Å². The summed E-state index contributed by atoms with van der Waals surface area (Å²) in [5.41, 5.74) is 5.83. The van der Waals surface area contributed by atoms with Crippen molar-refractivity contribution in [2.75, 3.05) is 6.54 Å². The molecule has 18 heavy (non-hydrogen) atoms. The van der Waals surface area contributed by atoms with Crippen LogP contribution in [-0.4, -0.2) is 18.5 Å². The average molecular weight is 270 g/mol. The first-order valence-electron chi connectivity index (χ1n) is 5.63. The van der Waals surface area contributed by atoms with Gasteiger partial charge in [0.25, 0.3) is 0 Å². The number of benzene rings is 1. The summed E-state index contributed by atoms with van der Waals surface area (Å²) in [6, 6.07) is 7.00. The number of amides is 3. The minimum atomic E-state index is -0.367. The summed E-state index contributed by atoms with van der Waals surface area (Å²) in [5.74, 6) is -0.367. The molecule has 3 amide bonds. The van der Waals surface area contributed by atoms with Crippen LogP contribution < -0.4 is 16.4 Å². The van der Waals surface area contributed by atoms with Gasteiger partial charge >= 0.3 is 6.03 Å². The second kappa shape index (κ2) is 7.55. The van der Waals surface area contributed by atoms with E-state index in [0.717, 1.165) is 5.56 Å². The third-order valence-electron chi connectivity index (χ3n) is 2.28. The summed E-state index contributed by atoms with van der Waals surface area (Å²) >= 11 is 5.95. The molecule has 0 spiro atoms. The zero-order valence-electron chi connectivity index (χ0n) is 9.91. The quantitative estimate of drug-likeness (QED) is 0.682. The number of rotatable bonds is 6. The highest BCUT2D eigenvalue weighted by Gasteiger charge is 2.02. The lowest BCUT2D eigenvalue weighted by Crippen LogP contribution is -2.35. The van der Waals surface area contributed by atoms with Gasteiger partial charge in [0.1, 0.15) is 0 Å². The fraction of sp³-hybridized carbons (Fsp3) is 0.333. The van der Waals surface area contributed by atoms with Gasteiger partial charge in [-0.15, -0.1) is 0 Å². The molecule has 0 radical (unpaired) electrons. The van der Waals surface area contributed by atoms with Crippen LogP contribution in [0.5, 0.6) is 0 Å². The van der Waals surface area contributed by atoms with Crippen molar-refractivity contribution >= 4 is 23.5 Å². The molecule has 0 saturated heterocycles. The van der Waals surface area contributed by atoms with Gasteiger partial charge in [0.05, 0.1) is 0 Å². The summed E-state index contributed by atoms with van der Waals surface area (Å²) in [6.45, 7) is 0.776. The largest absolute Gasteiger partial charge is 0.370 e. The van der Waals surface area contributed by atoms with E-state index in [9.17, 15) is 9.59 Å². The molecule has 0 unspecified atom stereocenters.